The number of nitrogen functional groups attached to an aromatic ring is 1. The van der Waals surface area contributed by atoms with Gasteiger partial charge in [0.2, 0.25) is 5.91 Å². The fourth-order valence-electron chi connectivity index (χ4n) is 1.48. The largest absolute Gasteiger partial charge is 0.369 e. The lowest BCUT2D eigenvalue weighted by Gasteiger charge is -2.09. The lowest BCUT2D eigenvalue weighted by Crippen LogP contribution is -2.31. The molecule has 0 saturated carbocycles. The van der Waals surface area contributed by atoms with Gasteiger partial charge in [-0.3, -0.25) is 14.9 Å². The van der Waals surface area contributed by atoms with E-state index in [1.54, 1.807) is 0 Å². The minimum absolute atomic E-state index is 0.0754. The summed E-state index contributed by atoms with van der Waals surface area (Å²) in [6, 6.07) is 2.57. The van der Waals surface area contributed by atoms with Gasteiger partial charge in [0, 0.05) is 19.0 Å². The van der Waals surface area contributed by atoms with Crippen molar-refractivity contribution in [3.8, 4) is 0 Å². The van der Waals surface area contributed by atoms with Gasteiger partial charge in [-0.25, -0.2) is 10.8 Å². The van der Waals surface area contributed by atoms with Crippen LogP contribution in [0.5, 0.6) is 0 Å². The Morgan fingerprint density at radius 3 is 2.65 bits per heavy atom. The van der Waals surface area contributed by atoms with E-state index in [0.29, 0.717) is 6.54 Å². The number of hydrogen-bond donors (Lipinski definition) is 4. The smallest absolute Gasteiger partial charge is 0.276 e. The average molecular weight is 282 g/mol. The number of carbonyl (C=O) groups is 1. The van der Waals surface area contributed by atoms with Crippen molar-refractivity contribution in [1.82, 2.24) is 10.3 Å². The Morgan fingerprint density at radius 1 is 1.45 bits per heavy atom. The van der Waals surface area contributed by atoms with Crippen LogP contribution < -0.4 is 21.9 Å². The van der Waals surface area contributed by atoms with Gasteiger partial charge in [-0.05, 0) is 13.8 Å². The van der Waals surface area contributed by atoms with E-state index in [1.807, 2.05) is 13.8 Å². The van der Waals surface area contributed by atoms with Crippen LogP contribution in [0.2, 0.25) is 0 Å². The molecule has 0 unspecified atom stereocenters. The summed E-state index contributed by atoms with van der Waals surface area (Å²) in [6.45, 7) is 4.05. The molecule has 9 heteroatoms. The maximum atomic E-state index is 11.4. The van der Waals surface area contributed by atoms with Gasteiger partial charge in [0.1, 0.15) is 11.6 Å². The number of hydrazine groups is 1. The SMILES string of the molecule is CC(C)NC(=O)CCNc1cc([N+](=O)[O-])cc(NN)n1. The fraction of sp³-hybridized carbons (Fsp3) is 0.455. The number of hydrogen-bond acceptors (Lipinski definition) is 7. The van der Waals surface area contributed by atoms with E-state index in [0.717, 1.165) is 0 Å². The maximum absolute atomic E-state index is 11.4. The van der Waals surface area contributed by atoms with Gasteiger partial charge in [0.15, 0.2) is 0 Å². The number of nitrogens with one attached hydrogen (secondary N) is 3. The molecule has 1 aromatic heterocycles. The van der Waals surface area contributed by atoms with E-state index in [4.69, 9.17) is 5.84 Å². The van der Waals surface area contributed by atoms with Crippen LogP contribution in [0.1, 0.15) is 20.3 Å². The molecule has 1 amide bonds. The van der Waals surface area contributed by atoms with Crippen molar-refractivity contribution in [3.05, 3.63) is 22.2 Å². The number of aromatic nitrogens is 1. The third-order valence-corrected chi connectivity index (χ3v) is 2.28. The van der Waals surface area contributed by atoms with Gasteiger partial charge in [0.25, 0.3) is 5.69 Å². The molecule has 0 bridgehead atoms. The molecule has 0 saturated heterocycles. The molecule has 0 spiro atoms. The van der Waals surface area contributed by atoms with E-state index in [9.17, 15) is 14.9 Å². The van der Waals surface area contributed by atoms with Crippen LogP contribution in [0, 0.1) is 10.1 Å². The van der Waals surface area contributed by atoms with Crippen LogP contribution in [0.3, 0.4) is 0 Å². The highest BCUT2D eigenvalue weighted by atomic mass is 16.6. The van der Waals surface area contributed by atoms with Crippen molar-refractivity contribution in [2.45, 2.75) is 26.3 Å². The summed E-state index contributed by atoms with van der Waals surface area (Å²) in [5.41, 5.74) is 2.12. The van der Waals surface area contributed by atoms with Crippen LogP contribution in [-0.2, 0) is 4.79 Å². The Balaban J connectivity index is 2.61. The molecular formula is C11H18N6O3. The van der Waals surface area contributed by atoms with E-state index >= 15 is 0 Å². The Hall–Kier alpha value is -2.42. The fourth-order valence-corrected chi connectivity index (χ4v) is 1.48. The van der Waals surface area contributed by atoms with Gasteiger partial charge >= 0.3 is 0 Å². The highest BCUT2D eigenvalue weighted by Gasteiger charge is 2.11. The van der Waals surface area contributed by atoms with Crippen LogP contribution in [0.25, 0.3) is 0 Å². The number of nitrogens with two attached hydrogens (primary N) is 1. The molecule has 0 aliphatic rings. The first kappa shape index (κ1) is 15.6. The number of pyridine rings is 1. The molecule has 1 heterocycles. The summed E-state index contributed by atoms with van der Waals surface area (Å²) < 4.78 is 0. The molecule has 0 aliphatic carbocycles. The van der Waals surface area contributed by atoms with Gasteiger partial charge in [-0.15, -0.1) is 0 Å². The molecule has 0 atom stereocenters. The van der Waals surface area contributed by atoms with Crippen molar-refractivity contribution >= 4 is 23.2 Å². The summed E-state index contributed by atoms with van der Waals surface area (Å²) in [7, 11) is 0. The molecule has 9 nitrogen and oxygen atoms in total. The Kier molecular flexibility index (Phi) is 5.66. The van der Waals surface area contributed by atoms with Crippen molar-refractivity contribution in [1.29, 1.82) is 0 Å². The highest BCUT2D eigenvalue weighted by Crippen LogP contribution is 2.19. The van der Waals surface area contributed by atoms with Crippen molar-refractivity contribution in [2.24, 2.45) is 5.84 Å². The van der Waals surface area contributed by atoms with E-state index < -0.39 is 4.92 Å². The quantitative estimate of drug-likeness (QED) is 0.326. The summed E-state index contributed by atoms with van der Waals surface area (Å²) >= 11 is 0. The predicted molar refractivity (Wildman–Crippen MR) is 75.1 cm³/mol. The average Bonchev–Trinajstić information content (AvgIpc) is 2.37. The third kappa shape index (κ3) is 5.06. The standard InChI is InChI=1S/C11H18N6O3/c1-7(2)14-11(18)3-4-13-9-5-8(17(19)20)6-10(15-9)16-12/h5-7H,3-4,12H2,1-2H3,(H,14,18)(H2,13,15,16). The number of nitro groups is 1. The zero-order valence-electron chi connectivity index (χ0n) is 11.3. The van der Waals surface area contributed by atoms with Crippen molar-refractivity contribution in [3.63, 3.8) is 0 Å². The minimum atomic E-state index is -0.542. The first-order chi connectivity index (χ1) is 9.42. The maximum Gasteiger partial charge on any atom is 0.276 e. The number of rotatable bonds is 7. The normalized spacial score (nSPS) is 10.2. The monoisotopic (exact) mass is 282 g/mol. The molecular weight excluding hydrogens is 264 g/mol. The first-order valence-corrected chi connectivity index (χ1v) is 6.08. The van der Waals surface area contributed by atoms with Gasteiger partial charge in [0.05, 0.1) is 17.1 Å². The molecule has 1 aromatic rings. The Morgan fingerprint density at radius 2 is 2.10 bits per heavy atom. The number of anilines is 2. The first-order valence-electron chi connectivity index (χ1n) is 6.08. The molecule has 5 N–H and O–H groups in total. The zero-order valence-corrected chi connectivity index (χ0v) is 11.3. The Bertz CT molecular complexity index is 491. The van der Waals surface area contributed by atoms with Crippen LogP contribution in [0.15, 0.2) is 12.1 Å². The molecule has 110 valence electrons. The van der Waals surface area contributed by atoms with Crippen molar-refractivity contribution < 1.29 is 9.72 Å². The Labute approximate surface area is 116 Å². The van der Waals surface area contributed by atoms with Crippen LogP contribution >= 0.6 is 0 Å². The second kappa shape index (κ2) is 7.24. The zero-order chi connectivity index (χ0) is 15.1. The molecule has 0 fully saturated rings. The van der Waals surface area contributed by atoms with Gasteiger partial charge in [-0.2, -0.15) is 0 Å². The molecule has 1 rings (SSSR count). The number of amides is 1. The van der Waals surface area contributed by atoms with Crippen molar-refractivity contribution in [2.75, 3.05) is 17.3 Å². The summed E-state index contributed by atoms with van der Waals surface area (Å²) in [6.07, 6.45) is 0.244. The topological polar surface area (TPSA) is 135 Å². The number of nitrogens with zero attached hydrogens (tertiary/aromatic N) is 2. The van der Waals surface area contributed by atoms with Crippen LogP contribution in [-0.4, -0.2) is 28.4 Å². The minimum Gasteiger partial charge on any atom is -0.369 e. The van der Waals surface area contributed by atoms with E-state index in [2.05, 4.69) is 21.0 Å². The molecule has 0 radical (unpaired) electrons. The highest BCUT2D eigenvalue weighted by molar-refractivity contribution is 5.76. The molecule has 0 aliphatic heterocycles. The summed E-state index contributed by atoms with van der Waals surface area (Å²) in [5, 5.41) is 16.3. The summed E-state index contributed by atoms with van der Waals surface area (Å²) in [5.74, 6) is 5.55. The predicted octanol–water partition coefficient (Wildman–Crippen LogP) is 0.602. The molecule has 20 heavy (non-hydrogen) atoms. The van der Waals surface area contributed by atoms with E-state index in [-0.39, 0.29) is 35.7 Å². The molecule has 0 aromatic carbocycles. The summed E-state index contributed by atoms with van der Waals surface area (Å²) in [4.78, 5) is 25.6. The van der Waals surface area contributed by atoms with Crippen LogP contribution in [0.4, 0.5) is 17.3 Å². The second-order valence-electron chi connectivity index (χ2n) is 4.40. The second-order valence-corrected chi connectivity index (χ2v) is 4.40. The van der Waals surface area contributed by atoms with Gasteiger partial charge < -0.3 is 16.1 Å². The third-order valence-electron chi connectivity index (χ3n) is 2.28. The lowest BCUT2D eigenvalue weighted by molar-refractivity contribution is -0.384. The van der Waals surface area contributed by atoms with Gasteiger partial charge in [-0.1, -0.05) is 0 Å². The van der Waals surface area contributed by atoms with E-state index in [1.165, 1.54) is 12.1 Å². The number of carbonyl (C=O) groups excluding carboxylic acids is 1. The lowest BCUT2D eigenvalue weighted by atomic mass is 10.3.